The predicted molar refractivity (Wildman–Crippen MR) is 101 cm³/mol. The number of aromatic nitrogens is 1. The Morgan fingerprint density at radius 1 is 1.28 bits per heavy atom. The summed E-state index contributed by atoms with van der Waals surface area (Å²) in [5.74, 6) is 0.254. The van der Waals surface area contributed by atoms with E-state index in [1.807, 2.05) is 51.1 Å². The Hall–Kier alpha value is -1.78. The Morgan fingerprint density at radius 3 is 2.56 bits per heavy atom. The summed E-state index contributed by atoms with van der Waals surface area (Å²) in [6, 6.07) is 11.3. The normalized spacial score (nSPS) is 12.5. The number of halogens is 2. The van der Waals surface area contributed by atoms with Crippen LogP contribution in [0.15, 0.2) is 42.6 Å². The Kier molecular flexibility index (Phi) is 6.68. The van der Waals surface area contributed by atoms with E-state index >= 15 is 0 Å². The number of alkyl halides is 1. The van der Waals surface area contributed by atoms with Gasteiger partial charge in [-0.2, -0.15) is 0 Å². The first-order chi connectivity index (χ1) is 11.8. The molecule has 0 bridgehead atoms. The van der Waals surface area contributed by atoms with E-state index in [9.17, 15) is 4.79 Å². The van der Waals surface area contributed by atoms with Gasteiger partial charge in [0.2, 0.25) is 0 Å². The molecule has 1 atom stereocenters. The van der Waals surface area contributed by atoms with E-state index in [-0.39, 0.29) is 11.9 Å². The molecule has 1 heterocycles. The van der Waals surface area contributed by atoms with Crippen LogP contribution in [-0.4, -0.2) is 16.7 Å². The minimum Gasteiger partial charge on any atom is -0.444 e. The highest BCUT2D eigenvalue weighted by molar-refractivity contribution is 6.30. The highest BCUT2D eigenvalue weighted by Gasteiger charge is 2.23. The van der Waals surface area contributed by atoms with Crippen LogP contribution in [0.25, 0.3) is 0 Å². The molecule has 1 aromatic carbocycles. The summed E-state index contributed by atoms with van der Waals surface area (Å²) in [6.07, 6.45) is 1.63. The van der Waals surface area contributed by atoms with Crippen molar-refractivity contribution in [1.29, 1.82) is 0 Å². The lowest BCUT2D eigenvalue weighted by molar-refractivity contribution is 0.0502. The van der Waals surface area contributed by atoms with Gasteiger partial charge in [-0.05, 0) is 44.4 Å². The third kappa shape index (κ3) is 6.22. The maximum absolute atomic E-state index is 12.3. The number of rotatable bonds is 5. The van der Waals surface area contributed by atoms with Crippen molar-refractivity contribution < 1.29 is 9.53 Å². The zero-order chi connectivity index (χ0) is 18.4. The van der Waals surface area contributed by atoms with Crippen molar-refractivity contribution in [3.05, 3.63) is 64.4 Å². The summed E-state index contributed by atoms with van der Waals surface area (Å²) < 4.78 is 5.39. The lowest BCUT2D eigenvalue weighted by Gasteiger charge is -2.24. The van der Waals surface area contributed by atoms with Gasteiger partial charge in [-0.15, -0.1) is 11.6 Å². The predicted octanol–water partition coefficient (Wildman–Crippen LogP) is 5.28. The number of pyridine rings is 1. The van der Waals surface area contributed by atoms with Crippen LogP contribution in [0.2, 0.25) is 5.02 Å². The summed E-state index contributed by atoms with van der Waals surface area (Å²) in [7, 11) is 0. The molecule has 0 radical (unpaired) electrons. The summed E-state index contributed by atoms with van der Waals surface area (Å²) in [4.78, 5) is 16.7. The smallest absolute Gasteiger partial charge is 0.408 e. The SMILES string of the molecule is CC(C)(C)OC(=O)N[C@@H](Cc1ccccc1)c1ncc(Cl)cc1CCl. The molecule has 0 saturated carbocycles. The second-order valence-corrected chi connectivity index (χ2v) is 7.42. The second-order valence-electron chi connectivity index (χ2n) is 6.72. The fraction of sp³-hybridized carbons (Fsp3) is 0.368. The molecule has 2 aromatic rings. The number of hydrogen-bond acceptors (Lipinski definition) is 3. The lowest BCUT2D eigenvalue weighted by atomic mass is 10.00. The van der Waals surface area contributed by atoms with E-state index in [1.54, 1.807) is 12.3 Å². The Bertz CT molecular complexity index is 715. The molecule has 0 saturated heterocycles. The first kappa shape index (κ1) is 19.5. The number of benzene rings is 1. The lowest BCUT2D eigenvalue weighted by Crippen LogP contribution is -2.36. The van der Waals surface area contributed by atoms with Gasteiger partial charge in [0.1, 0.15) is 5.60 Å². The van der Waals surface area contributed by atoms with Gasteiger partial charge in [-0.1, -0.05) is 41.9 Å². The maximum atomic E-state index is 12.3. The third-order valence-electron chi connectivity index (χ3n) is 3.42. The summed E-state index contributed by atoms with van der Waals surface area (Å²) in [5, 5.41) is 3.42. The monoisotopic (exact) mass is 380 g/mol. The molecule has 6 heteroatoms. The Morgan fingerprint density at radius 2 is 1.96 bits per heavy atom. The molecule has 0 aliphatic carbocycles. The molecule has 1 N–H and O–H groups in total. The second kappa shape index (κ2) is 8.54. The van der Waals surface area contributed by atoms with Crippen molar-refractivity contribution in [3.63, 3.8) is 0 Å². The van der Waals surface area contributed by atoms with E-state index in [4.69, 9.17) is 27.9 Å². The number of alkyl carbamates (subject to hydrolysis) is 1. The maximum Gasteiger partial charge on any atom is 0.408 e. The van der Waals surface area contributed by atoms with Crippen LogP contribution in [0.3, 0.4) is 0 Å². The summed E-state index contributed by atoms with van der Waals surface area (Å²) in [6.45, 7) is 5.47. The van der Waals surface area contributed by atoms with Gasteiger partial charge >= 0.3 is 6.09 Å². The van der Waals surface area contributed by atoms with Gasteiger partial charge in [0.05, 0.1) is 16.8 Å². The number of amides is 1. The van der Waals surface area contributed by atoms with Crippen molar-refractivity contribution in [2.24, 2.45) is 0 Å². The summed E-state index contributed by atoms with van der Waals surface area (Å²) >= 11 is 12.1. The standard InChI is InChI=1S/C19H22Cl2N2O2/c1-19(2,3)25-18(24)23-16(9-13-7-5-4-6-8-13)17-14(11-20)10-15(21)12-22-17/h4-8,10,12,16H,9,11H2,1-3H3,(H,23,24)/t16-/m0/s1. The first-order valence-corrected chi connectivity index (χ1v) is 8.93. The molecule has 2 rings (SSSR count). The number of nitrogens with one attached hydrogen (secondary N) is 1. The number of hydrogen-bond donors (Lipinski definition) is 1. The van der Waals surface area contributed by atoms with E-state index in [0.29, 0.717) is 17.1 Å². The van der Waals surface area contributed by atoms with E-state index < -0.39 is 11.7 Å². The fourth-order valence-electron chi connectivity index (χ4n) is 2.43. The summed E-state index contributed by atoms with van der Waals surface area (Å²) in [5.41, 5.74) is 1.96. The molecular weight excluding hydrogens is 359 g/mol. The molecule has 0 fully saturated rings. The molecule has 4 nitrogen and oxygen atoms in total. The molecule has 0 aliphatic heterocycles. The molecule has 1 aromatic heterocycles. The highest BCUT2D eigenvalue weighted by Crippen LogP contribution is 2.24. The topological polar surface area (TPSA) is 51.2 Å². The van der Waals surface area contributed by atoms with Crippen LogP contribution in [-0.2, 0) is 17.0 Å². The van der Waals surface area contributed by atoms with Crippen molar-refractivity contribution in [3.8, 4) is 0 Å². The van der Waals surface area contributed by atoms with Gasteiger partial charge in [0.25, 0.3) is 0 Å². The average Bonchev–Trinajstić information content (AvgIpc) is 2.53. The van der Waals surface area contributed by atoms with Crippen molar-refractivity contribution in [1.82, 2.24) is 10.3 Å². The minimum absolute atomic E-state index is 0.254. The third-order valence-corrected chi connectivity index (χ3v) is 3.91. The Labute approximate surface area is 158 Å². The molecular formula is C19H22Cl2N2O2. The van der Waals surface area contributed by atoms with Crippen molar-refractivity contribution in [2.75, 3.05) is 0 Å². The van der Waals surface area contributed by atoms with E-state index in [2.05, 4.69) is 10.3 Å². The first-order valence-electron chi connectivity index (χ1n) is 8.02. The number of carbonyl (C=O) groups is 1. The van der Waals surface area contributed by atoms with Crippen LogP contribution < -0.4 is 5.32 Å². The highest BCUT2D eigenvalue weighted by atomic mass is 35.5. The molecule has 25 heavy (non-hydrogen) atoms. The van der Waals surface area contributed by atoms with Gasteiger partial charge in [0.15, 0.2) is 0 Å². The number of carbonyl (C=O) groups excluding carboxylic acids is 1. The fourth-order valence-corrected chi connectivity index (χ4v) is 2.82. The Balaban J connectivity index is 2.30. The van der Waals surface area contributed by atoms with Gasteiger partial charge in [-0.3, -0.25) is 4.98 Å². The molecule has 0 unspecified atom stereocenters. The zero-order valence-electron chi connectivity index (χ0n) is 14.6. The van der Waals surface area contributed by atoms with Crippen LogP contribution in [0.5, 0.6) is 0 Å². The largest absolute Gasteiger partial charge is 0.444 e. The van der Waals surface area contributed by atoms with Gasteiger partial charge in [0, 0.05) is 12.1 Å². The minimum atomic E-state index is -0.579. The average molecular weight is 381 g/mol. The van der Waals surface area contributed by atoms with E-state index in [1.165, 1.54) is 0 Å². The van der Waals surface area contributed by atoms with Gasteiger partial charge in [-0.25, -0.2) is 4.79 Å². The number of nitrogens with zero attached hydrogens (tertiary/aromatic N) is 1. The van der Waals surface area contributed by atoms with Crippen LogP contribution >= 0.6 is 23.2 Å². The van der Waals surface area contributed by atoms with E-state index in [0.717, 1.165) is 11.1 Å². The van der Waals surface area contributed by atoms with Crippen molar-refractivity contribution >= 4 is 29.3 Å². The quantitative estimate of drug-likeness (QED) is 0.717. The number of ether oxygens (including phenoxy) is 1. The molecule has 0 spiro atoms. The van der Waals surface area contributed by atoms with Gasteiger partial charge < -0.3 is 10.1 Å². The van der Waals surface area contributed by atoms with Crippen LogP contribution in [0.1, 0.15) is 43.6 Å². The molecule has 0 aliphatic rings. The van der Waals surface area contributed by atoms with Crippen molar-refractivity contribution in [2.45, 2.75) is 44.7 Å². The van der Waals surface area contributed by atoms with Crippen LogP contribution in [0, 0.1) is 0 Å². The van der Waals surface area contributed by atoms with Crippen LogP contribution in [0.4, 0.5) is 4.79 Å². The molecule has 1 amide bonds. The molecule has 134 valence electrons. The zero-order valence-corrected chi connectivity index (χ0v) is 16.1.